The van der Waals surface area contributed by atoms with Gasteiger partial charge in [0.25, 0.3) is 0 Å². The van der Waals surface area contributed by atoms with E-state index in [1.165, 1.54) is 0 Å². The molecule has 0 spiro atoms. The van der Waals surface area contributed by atoms with Crippen LogP contribution in [0.25, 0.3) is 0 Å². The Balaban J connectivity index is 0. The maximum absolute atomic E-state index is 3.64. The van der Waals surface area contributed by atoms with Crippen molar-refractivity contribution in [1.82, 2.24) is 0 Å². The standard InChI is InChI=1S/C4H9.Rh/c1-4(2)3;/h4H,1H2,2-3H3;/q-1;. The average Bonchev–Trinajstić information content (AvgIpc) is 0.811. The fraction of sp³-hybridized carbons (Fsp3) is 0.750. The first-order valence-corrected chi connectivity index (χ1v) is 1.56. The van der Waals surface area contributed by atoms with Gasteiger partial charge >= 0.3 is 0 Å². The Morgan fingerprint density at radius 1 is 1.40 bits per heavy atom. The molecule has 1 heteroatoms. The van der Waals surface area contributed by atoms with Gasteiger partial charge in [0.2, 0.25) is 0 Å². The van der Waals surface area contributed by atoms with E-state index < -0.39 is 0 Å². The molecule has 1 radical (unpaired) electrons. The van der Waals surface area contributed by atoms with Gasteiger partial charge in [-0.15, -0.1) is 0 Å². The maximum Gasteiger partial charge on any atom is 0 e. The fourth-order valence-electron chi connectivity index (χ4n) is 0. The van der Waals surface area contributed by atoms with Crippen LogP contribution < -0.4 is 0 Å². The summed E-state index contributed by atoms with van der Waals surface area (Å²) in [6.45, 7) is 7.75. The molecular weight excluding hydrogens is 151 g/mol. The second-order valence-electron chi connectivity index (χ2n) is 1.39. The van der Waals surface area contributed by atoms with E-state index >= 15 is 0 Å². The summed E-state index contributed by atoms with van der Waals surface area (Å²) in [5.41, 5.74) is 0. The fourth-order valence-corrected chi connectivity index (χ4v) is 0. The molecule has 0 unspecified atom stereocenters. The van der Waals surface area contributed by atoms with E-state index in [9.17, 15) is 0 Å². The van der Waals surface area contributed by atoms with Crippen molar-refractivity contribution in [3.8, 4) is 0 Å². The molecule has 35 valence electrons. The zero-order chi connectivity index (χ0) is 3.58. The van der Waals surface area contributed by atoms with Gasteiger partial charge in [-0.3, -0.25) is 0 Å². The molecule has 0 aliphatic heterocycles. The molecule has 0 heterocycles. The summed E-state index contributed by atoms with van der Waals surface area (Å²) in [5, 5.41) is 0. The normalized spacial score (nSPS) is 7.20. The van der Waals surface area contributed by atoms with Crippen LogP contribution in [-0.4, -0.2) is 0 Å². The Morgan fingerprint density at radius 3 is 1.40 bits per heavy atom. The van der Waals surface area contributed by atoms with Gasteiger partial charge < -0.3 is 6.92 Å². The van der Waals surface area contributed by atoms with Crippen molar-refractivity contribution in [3.05, 3.63) is 6.92 Å². The van der Waals surface area contributed by atoms with E-state index in [1.54, 1.807) is 0 Å². The Kier molecular flexibility index (Phi) is 8.47. The number of hydrogen-bond acceptors (Lipinski definition) is 0. The summed E-state index contributed by atoms with van der Waals surface area (Å²) in [5.74, 6) is 0.583. The van der Waals surface area contributed by atoms with Gasteiger partial charge in [-0.05, 0) is 0 Å². The van der Waals surface area contributed by atoms with Gasteiger partial charge in [0.1, 0.15) is 0 Å². The molecule has 5 heavy (non-hydrogen) atoms. The monoisotopic (exact) mass is 160 g/mol. The van der Waals surface area contributed by atoms with Crippen molar-refractivity contribution < 1.29 is 19.5 Å². The molecule has 0 aromatic rings. The number of hydrogen-bond donors (Lipinski definition) is 0. The van der Waals surface area contributed by atoms with Crippen LogP contribution >= 0.6 is 0 Å². The van der Waals surface area contributed by atoms with Crippen LogP contribution in [0.2, 0.25) is 0 Å². The molecule has 0 atom stereocenters. The van der Waals surface area contributed by atoms with Gasteiger partial charge in [0.15, 0.2) is 0 Å². The SMILES string of the molecule is [CH2-]C(C)C.[Rh]. The molecule has 0 N–H and O–H groups in total. The molecule has 0 aromatic heterocycles. The van der Waals surface area contributed by atoms with Crippen molar-refractivity contribution in [3.63, 3.8) is 0 Å². The quantitative estimate of drug-likeness (QED) is 0.371. The Bertz CT molecular complexity index is 8.36. The van der Waals surface area contributed by atoms with Crippen LogP contribution in [0.15, 0.2) is 0 Å². The van der Waals surface area contributed by atoms with Crippen molar-refractivity contribution in [2.75, 3.05) is 0 Å². The summed E-state index contributed by atoms with van der Waals surface area (Å²) in [6.07, 6.45) is 0. The van der Waals surface area contributed by atoms with Crippen LogP contribution in [0.5, 0.6) is 0 Å². The molecule has 0 aliphatic carbocycles. The van der Waals surface area contributed by atoms with E-state index in [2.05, 4.69) is 20.8 Å². The van der Waals surface area contributed by atoms with Gasteiger partial charge in [-0.1, -0.05) is 13.8 Å². The molecule has 0 nitrogen and oxygen atoms in total. The minimum Gasteiger partial charge on any atom is -0.341 e. The zero-order valence-corrected chi connectivity index (χ0v) is 5.26. The Morgan fingerprint density at radius 2 is 1.40 bits per heavy atom. The summed E-state index contributed by atoms with van der Waals surface area (Å²) >= 11 is 0. The first kappa shape index (κ1) is 9.16. The number of rotatable bonds is 0. The molecular formula is C4H9Rh-. The Labute approximate surface area is 46.7 Å². The third-order valence-corrected chi connectivity index (χ3v) is 0. The van der Waals surface area contributed by atoms with Crippen molar-refractivity contribution in [2.45, 2.75) is 13.8 Å². The van der Waals surface area contributed by atoms with E-state index in [4.69, 9.17) is 0 Å². The molecule has 0 aliphatic rings. The molecule has 0 aromatic carbocycles. The summed E-state index contributed by atoms with van der Waals surface area (Å²) < 4.78 is 0. The van der Waals surface area contributed by atoms with Crippen LogP contribution in [0.1, 0.15) is 13.8 Å². The average molecular weight is 160 g/mol. The maximum atomic E-state index is 3.64. The van der Waals surface area contributed by atoms with E-state index in [1.807, 2.05) is 0 Å². The Hall–Kier alpha value is 0.623. The first-order valence-electron chi connectivity index (χ1n) is 1.56. The van der Waals surface area contributed by atoms with Crippen molar-refractivity contribution in [1.29, 1.82) is 0 Å². The van der Waals surface area contributed by atoms with Crippen molar-refractivity contribution >= 4 is 0 Å². The predicted molar refractivity (Wildman–Crippen MR) is 20.2 cm³/mol. The van der Waals surface area contributed by atoms with Gasteiger partial charge in [-0.2, -0.15) is 5.92 Å². The minimum absolute atomic E-state index is 0. The third kappa shape index (κ3) is 81.9. The second kappa shape index (κ2) is 4.62. The second-order valence-corrected chi connectivity index (χ2v) is 1.39. The first-order chi connectivity index (χ1) is 1.73. The smallest absolute Gasteiger partial charge is 0 e. The van der Waals surface area contributed by atoms with E-state index in [0.717, 1.165) is 0 Å². The largest absolute Gasteiger partial charge is 0.341 e. The third-order valence-electron chi connectivity index (χ3n) is 0. The van der Waals surface area contributed by atoms with E-state index in [0.29, 0.717) is 5.92 Å². The predicted octanol–water partition coefficient (Wildman–Crippen LogP) is 1.47. The van der Waals surface area contributed by atoms with Crippen LogP contribution in [-0.2, 0) is 19.5 Å². The molecule has 0 amide bonds. The summed E-state index contributed by atoms with van der Waals surface area (Å²) in [6, 6.07) is 0. The van der Waals surface area contributed by atoms with Gasteiger partial charge in [0.05, 0.1) is 0 Å². The van der Waals surface area contributed by atoms with Gasteiger partial charge in [-0.25, -0.2) is 0 Å². The minimum atomic E-state index is 0. The van der Waals surface area contributed by atoms with Gasteiger partial charge in [0, 0.05) is 19.5 Å². The van der Waals surface area contributed by atoms with Crippen LogP contribution in [0.3, 0.4) is 0 Å². The molecule has 0 bridgehead atoms. The van der Waals surface area contributed by atoms with Crippen molar-refractivity contribution in [2.24, 2.45) is 5.92 Å². The molecule has 0 saturated heterocycles. The van der Waals surface area contributed by atoms with Crippen LogP contribution in [0.4, 0.5) is 0 Å². The van der Waals surface area contributed by atoms with Crippen LogP contribution in [0, 0.1) is 12.8 Å². The summed E-state index contributed by atoms with van der Waals surface area (Å²) in [7, 11) is 0. The molecule has 0 rings (SSSR count). The summed E-state index contributed by atoms with van der Waals surface area (Å²) in [4.78, 5) is 0. The molecule has 0 saturated carbocycles. The zero-order valence-electron chi connectivity index (χ0n) is 3.62. The molecule has 0 fully saturated rings. The van der Waals surface area contributed by atoms with E-state index in [-0.39, 0.29) is 19.5 Å². The topological polar surface area (TPSA) is 0 Å².